The number of esters is 1. The van der Waals surface area contributed by atoms with Gasteiger partial charge in [-0.25, -0.2) is 0 Å². The van der Waals surface area contributed by atoms with Crippen LogP contribution in [0.15, 0.2) is 4.99 Å². The summed E-state index contributed by atoms with van der Waals surface area (Å²) in [5.74, 6) is -0.0645. The SMILES string of the molecule is CCCCCCN=C1CC(=O)OC1(CCCCC)CCCCC. The summed E-state index contributed by atoms with van der Waals surface area (Å²) in [6, 6.07) is 0. The molecule has 1 heterocycles. The number of hydrogen-bond donors (Lipinski definition) is 0. The van der Waals surface area contributed by atoms with Crippen molar-refractivity contribution in [3.63, 3.8) is 0 Å². The molecule has 1 fully saturated rings. The summed E-state index contributed by atoms with van der Waals surface area (Å²) in [4.78, 5) is 16.8. The normalized spacial score (nSPS) is 18.6. The molecular weight excluding hydrogens is 286 g/mol. The summed E-state index contributed by atoms with van der Waals surface area (Å²) < 4.78 is 5.86. The molecule has 134 valence electrons. The van der Waals surface area contributed by atoms with Crippen molar-refractivity contribution in [3.05, 3.63) is 0 Å². The third kappa shape index (κ3) is 7.05. The number of hydrogen-bond acceptors (Lipinski definition) is 3. The second kappa shape index (κ2) is 11.6. The van der Waals surface area contributed by atoms with E-state index in [-0.39, 0.29) is 11.6 Å². The van der Waals surface area contributed by atoms with Crippen molar-refractivity contribution in [1.82, 2.24) is 0 Å². The first-order chi connectivity index (χ1) is 11.2. The predicted octanol–water partition coefficient (Wildman–Crippen LogP) is 5.85. The van der Waals surface area contributed by atoms with Crippen LogP contribution >= 0.6 is 0 Å². The number of carbonyl (C=O) groups excluding carboxylic acids is 1. The molecule has 0 bridgehead atoms. The van der Waals surface area contributed by atoms with Crippen LogP contribution in [0.3, 0.4) is 0 Å². The number of carbonyl (C=O) groups is 1. The van der Waals surface area contributed by atoms with E-state index in [0.717, 1.165) is 44.4 Å². The van der Waals surface area contributed by atoms with E-state index >= 15 is 0 Å². The van der Waals surface area contributed by atoms with Gasteiger partial charge >= 0.3 is 5.97 Å². The summed E-state index contributed by atoms with van der Waals surface area (Å²) in [6.45, 7) is 7.51. The minimum atomic E-state index is -0.369. The molecule has 3 heteroatoms. The third-order valence-corrected chi connectivity index (χ3v) is 4.83. The quantitative estimate of drug-likeness (QED) is 0.315. The smallest absolute Gasteiger partial charge is 0.312 e. The fourth-order valence-electron chi connectivity index (χ4n) is 3.40. The summed E-state index contributed by atoms with van der Waals surface area (Å²) in [5.41, 5.74) is 0.679. The van der Waals surface area contributed by atoms with Crippen LogP contribution in [0.1, 0.15) is 104 Å². The Balaban J connectivity index is 2.70. The van der Waals surface area contributed by atoms with Crippen LogP contribution in [0.4, 0.5) is 0 Å². The minimum Gasteiger partial charge on any atom is -0.453 e. The van der Waals surface area contributed by atoms with Gasteiger partial charge in [0.15, 0.2) is 5.60 Å². The van der Waals surface area contributed by atoms with Crippen LogP contribution in [0.25, 0.3) is 0 Å². The molecule has 0 amide bonds. The summed E-state index contributed by atoms with van der Waals surface area (Å²) >= 11 is 0. The molecule has 0 saturated carbocycles. The first kappa shape index (κ1) is 20.2. The maximum absolute atomic E-state index is 12.0. The lowest BCUT2D eigenvalue weighted by atomic mass is 9.86. The number of nitrogens with zero attached hydrogens (tertiary/aromatic N) is 1. The topological polar surface area (TPSA) is 38.7 Å². The van der Waals surface area contributed by atoms with E-state index < -0.39 is 0 Å². The van der Waals surface area contributed by atoms with E-state index in [4.69, 9.17) is 9.73 Å². The van der Waals surface area contributed by atoms with Crippen LogP contribution in [-0.4, -0.2) is 23.8 Å². The van der Waals surface area contributed by atoms with Gasteiger partial charge in [-0.05, 0) is 32.1 Å². The number of rotatable bonds is 13. The van der Waals surface area contributed by atoms with E-state index in [9.17, 15) is 4.79 Å². The van der Waals surface area contributed by atoms with Crippen molar-refractivity contribution < 1.29 is 9.53 Å². The molecule has 0 N–H and O–H groups in total. The van der Waals surface area contributed by atoms with Crippen molar-refractivity contribution in [2.24, 2.45) is 4.99 Å². The Morgan fingerprint density at radius 2 is 1.43 bits per heavy atom. The molecule has 1 rings (SSSR count). The van der Waals surface area contributed by atoms with Gasteiger partial charge in [0.2, 0.25) is 0 Å². The molecule has 23 heavy (non-hydrogen) atoms. The highest BCUT2D eigenvalue weighted by Gasteiger charge is 2.45. The lowest BCUT2D eigenvalue weighted by molar-refractivity contribution is -0.148. The predicted molar refractivity (Wildman–Crippen MR) is 98.2 cm³/mol. The molecule has 0 unspecified atom stereocenters. The summed E-state index contributed by atoms with van der Waals surface area (Å²) in [6.07, 6.45) is 14.3. The van der Waals surface area contributed by atoms with Crippen molar-refractivity contribution in [1.29, 1.82) is 0 Å². The monoisotopic (exact) mass is 323 g/mol. The first-order valence-corrected chi connectivity index (χ1v) is 9.94. The maximum atomic E-state index is 12.0. The van der Waals surface area contributed by atoms with Crippen molar-refractivity contribution >= 4 is 11.7 Å². The van der Waals surface area contributed by atoms with Gasteiger partial charge in [-0.3, -0.25) is 9.79 Å². The van der Waals surface area contributed by atoms with Gasteiger partial charge in [0.1, 0.15) is 0 Å². The largest absolute Gasteiger partial charge is 0.453 e. The zero-order valence-electron chi connectivity index (χ0n) is 15.7. The van der Waals surface area contributed by atoms with Gasteiger partial charge in [0.25, 0.3) is 0 Å². The fourth-order valence-corrected chi connectivity index (χ4v) is 3.40. The summed E-state index contributed by atoms with van der Waals surface area (Å²) in [7, 11) is 0. The number of ether oxygens (including phenoxy) is 1. The average Bonchev–Trinajstić information content (AvgIpc) is 2.84. The third-order valence-electron chi connectivity index (χ3n) is 4.83. The molecule has 0 spiro atoms. The average molecular weight is 324 g/mol. The zero-order valence-corrected chi connectivity index (χ0v) is 15.7. The number of aliphatic imine (C=N–C) groups is 1. The lowest BCUT2D eigenvalue weighted by Gasteiger charge is -2.29. The molecule has 3 nitrogen and oxygen atoms in total. The second-order valence-electron chi connectivity index (χ2n) is 6.95. The van der Waals surface area contributed by atoms with Gasteiger partial charge in [-0.2, -0.15) is 0 Å². The van der Waals surface area contributed by atoms with E-state index in [1.807, 2.05) is 0 Å². The van der Waals surface area contributed by atoms with Gasteiger partial charge < -0.3 is 4.74 Å². The fraction of sp³-hybridized carbons (Fsp3) is 0.900. The molecular formula is C20H37NO2. The highest BCUT2D eigenvalue weighted by atomic mass is 16.6. The first-order valence-electron chi connectivity index (χ1n) is 9.94. The maximum Gasteiger partial charge on any atom is 0.312 e. The molecule has 0 radical (unpaired) electrons. The molecule has 1 aliphatic rings. The Hall–Kier alpha value is -0.860. The Bertz CT molecular complexity index is 353. The van der Waals surface area contributed by atoms with Gasteiger partial charge in [0, 0.05) is 6.54 Å². The van der Waals surface area contributed by atoms with Gasteiger partial charge in [-0.1, -0.05) is 65.7 Å². The molecule has 0 aromatic heterocycles. The Kier molecular flexibility index (Phi) is 10.2. The van der Waals surface area contributed by atoms with Crippen LogP contribution in [0.2, 0.25) is 0 Å². The van der Waals surface area contributed by atoms with Crippen molar-refractivity contribution in [2.75, 3.05) is 6.54 Å². The van der Waals surface area contributed by atoms with Crippen LogP contribution < -0.4 is 0 Å². The molecule has 0 atom stereocenters. The second-order valence-corrected chi connectivity index (χ2v) is 6.95. The Morgan fingerprint density at radius 1 is 0.870 bits per heavy atom. The number of unbranched alkanes of at least 4 members (excludes halogenated alkanes) is 7. The standard InChI is InChI=1S/C20H37NO2/c1-4-7-10-13-16-21-18-17-19(22)23-20(18,14-11-8-5-2)15-12-9-6-3/h4-17H2,1-3H3. The van der Waals surface area contributed by atoms with Crippen LogP contribution in [0, 0.1) is 0 Å². The van der Waals surface area contributed by atoms with Crippen LogP contribution in [-0.2, 0) is 9.53 Å². The van der Waals surface area contributed by atoms with E-state index in [1.54, 1.807) is 0 Å². The lowest BCUT2D eigenvalue weighted by Crippen LogP contribution is -2.36. The van der Waals surface area contributed by atoms with E-state index in [2.05, 4.69) is 20.8 Å². The van der Waals surface area contributed by atoms with Crippen LogP contribution in [0.5, 0.6) is 0 Å². The molecule has 0 aromatic rings. The molecule has 0 aromatic carbocycles. The highest BCUT2D eigenvalue weighted by Crippen LogP contribution is 2.35. The molecule has 1 saturated heterocycles. The van der Waals surface area contributed by atoms with E-state index in [0.29, 0.717) is 6.42 Å². The highest BCUT2D eigenvalue weighted by molar-refractivity contribution is 6.09. The van der Waals surface area contributed by atoms with Crippen molar-refractivity contribution in [3.8, 4) is 0 Å². The van der Waals surface area contributed by atoms with Gasteiger partial charge in [-0.15, -0.1) is 0 Å². The summed E-state index contributed by atoms with van der Waals surface area (Å²) in [5, 5.41) is 0. The minimum absolute atomic E-state index is 0.0645. The number of cyclic esters (lactones) is 1. The Morgan fingerprint density at radius 3 is 2.00 bits per heavy atom. The van der Waals surface area contributed by atoms with Gasteiger partial charge in [0.05, 0.1) is 12.1 Å². The molecule has 0 aliphatic carbocycles. The Labute approximate surface area is 143 Å². The van der Waals surface area contributed by atoms with E-state index in [1.165, 1.54) is 44.9 Å². The molecule has 1 aliphatic heterocycles. The van der Waals surface area contributed by atoms with Crippen molar-refractivity contribution in [2.45, 2.75) is 110 Å². The zero-order chi connectivity index (χ0) is 17.0.